The highest BCUT2D eigenvalue weighted by molar-refractivity contribution is 5.79. The second kappa shape index (κ2) is 7.74. The van der Waals surface area contributed by atoms with Crippen molar-refractivity contribution in [1.29, 1.82) is 0 Å². The van der Waals surface area contributed by atoms with Crippen LogP contribution in [0.5, 0.6) is 0 Å². The monoisotopic (exact) mass is 255 g/mol. The molecule has 1 rings (SSSR count). The average Bonchev–Trinajstić information content (AvgIpc) is 2.37. The second-order valence-electron chi connectivity index (χ2n) is 5.34. The number of carbonyl (C=O) groups excluding carboxylic acids is 1. The predicted molar refractivity (Wildman–Crippen MR) is 75.3 cm³/mol. The van der Waals surface area contributed by atoms with E-state index in [9.17, 15) is 4.79 Å². The lowest BCUT2D eigenvalue weighted by molar-refractivity contribution is -0.124. The molecule has 0 saturated carbocycles. The molecule has 1 saturated heterocycles. The molecule has 0 bridgehead atoms. The highest BCUT2D eigenvalue weighted by Crippen LogP contribution is 2.22. The zero-order valence-electron chi connectivity index (χ0n) is 12.1. The molecule has 1 aliphatic heterocycles. The Kier molecular flexibility index (Phi) is 6.65. The largest absolute Gasteiger partial charge is 0.368 e. The minimum absolute atomic E-state index is 0.0776. The number of amides is 1. The van der Waals surface area contributed by atoms with Gasteiger partial charge in [0.1, 0.15) is 0 Å². The van der Waals surface area contributed by atoms with E-state index in [1.54, 1.807) is 0 Å². The maximum absolute atomic E-state index is 11.4. The summed E-state index contributed by atoms with van der Waals surface area (Å²) in [6, 6.07) is 0.530. The van der Waals surface area contributed by atoms with Crippen LogP contribution in [0.15, 0.2) is 0 Å². The van der Waals surface area contributed by atoms with Crippen molar-refractivity contribution in [2.24, 2.45) is 11.7 Å². The fourth-order valence-corrected chi connectivity index (χ4v) is 2.99. The van der Waals surface area contributed by atoms with E-state index in [4.69, 9.17) is 5.73 Å². The first kappa shape index (κ1) is 15.4. The van der Waals surface area contributed by atoms with E-state index >= 15 is 0 Å². The minimum Gasteiger partial charge on any atom is -0.368 e. The Balaban J connectivity index is 2.56. The molecule has 106 valence electrons. The van der Waals surface area contributed by atoms with Crippen LogP contribution in [0.1, 0.15) is 46.5 Å². The van der Waals surface area contributed by atoms with E-state index in [2.05, 4.69) is 24.1 Å². The molecular formula is C14H29N3O. The topological polar surface area (TPSA) is 58.4 Å². The van der Waals surface area contributed by atoms with Gasteiger partial charge in [-0.25, -0.2) is 0 Å². The molecule has 1 heterocycles. The van der Waals surface area contributed by atoms with Crippen LogP contribution in [0.25, 0.3) is 0 Å². The van der Waals surface area contributed by atoms with Gasteiger partial charge in [0.05, 0.1) is 6.04 Å². The van der Waals surface area contributed by atoms with Gasteiger partial charge in [-0.1, -0.05) is 27.2 Å². The average molecular weight is 255 g/mol. The van der Waals surface area contributed by atoms with Crippen molar-refractivity contribution in [3.63, 3.8) is 0 Å². The van der Waals surface area contributed by atoms with Gasteiger partial charge in [-0.05, 0) is 31.7 Å². The van der Waals surface area contributed by atoms with E-state index in [-0.39, 0.29) is 11.9 Å². The molecule has 1 amide bonds. The van der Waals surface area contributed by atoms with Crippen LogP contribution >= 0.6 is 0 Å². The standard InChI is InChI=1S/C14H29N3O/c1-4-8-16-12-7-9-17(10-11(12)5-2)13(6-3)14(15)18/h11-13,16H,4-10H2,1-3H3,(H2,15,18). The Morgan fingerprint density at radius 1 is 1.44 bits per heavy atom. The summed E-state index contributed by atoms with van der Waals surface area (Å²) in [4.78, 5) is 13.7. The van der Waals surface area contributed by atoms with E-state index in [1.165, 1.54) is 6.42 Å². The molecule has 3 N–H and O–H groups in total. The number of primary amides is 1. The van der Waals surface area contributed by atoms with E-state index < -0.39 is 0 Å². The molecule has 0 aliphatic carbocycles. The van der Waals surface area contributed by atoms with E-state index in [0.29, 0.717) is 12.0 Å². The first-order chi connectivity index (χ1) is 8.63. The van der Waals surface area contributed by atoms with Crippen molar-refractivity contribution in [3.8, 4) is 0 Å². The number of carbonyl (C=O) groups is 1. The molecule has 1 aliphatic rings. The van der Waals surface area contributed by atoms with Gasteiger partial charge in [0, 0.05) is 19.1 Å². The van der Waals surface area contributed by atoms with Crippen molar-refractivity contribution >= 4 is 5.91 Å². The quantitative estimate of drug-likeness (QED) is 0.722. The van der Waals surface area contributed by atoms with Crippen LogP contribution in [0.4, 0.5) is 0 Å². The molecule has 3 atom stereocenters. The maximum Gasteiger partial charge on any atom is 0.234 e. The zero-order chi connectivity index (χ0) is 13.5. The number of rotatable bonds is 7. The summed E-state index contributed by atoms with van der Waals surface area (Å²) in [5.41, 5.74) is 5.48. The minimum atomic E-state index is -0.174. The number of likely N-dealkylation sites (tertiary alicyclic amines) is 1. The molecule has 0 spiro atoms. The molecule has 18 heavy (non-hydrogen) atoms. The third-order valence-electron chi connectivity index (χ3n) is 4.10. The van der Waals surface area contributed by atoms with Crippen LogP contribution in [0.2, 0.25) is 0 Å². The smallest absolute Gasteiger partial charge is 0.234 e. The highest BCUT2D eigenvalue weighted by Gasteiger charge is 2.32. The molecule has 0 radical (unpaired) electrons. The Labute approximate surface area is 111 Å². The summed E-state index contributed by atoms with van der Waals surface area (Å²) < 4.78 is 0. The normalized spacial score (nSPS) is 27.1. The zero-order valence-corrected chi connectivity index (χ0v) is 12.1. The molecular weight excluding hydrogens is 226 g/mol. The van der Waals surface area contributed by atoms with Crippen molar-refractivity contribution < 1.29 is 4.79 Å². The van der Waals surface area contributed by atoms with Gasteiger partial charge in [-0.3, -0.25) is 9.69 Å². The van der Waals surface area contributed by atoms with E-state index in [0.717, 1.165) is 38.9 Å². The maximum atomic E-state index is 11.4. The SMILES string of the molecule is CCCNC1CCN(C(CC)C(N)=O)CC1CC. The van der Waals surface area contributed by atoms with Gasteiger partial charge in [-0.15, -0.1) is 0 Å². The summed E-state index contributed by atoms with van der Waals surface area (Å²) in [6.45, 7) is 9.55. The third kappa shape index (κ3) is 3.95. The van der Waals surface area contributed by atoms with Crippen LogP contribution in [0, 0.1) is 5.92 Å². The summed E-state index contributed by atoms with van der Waals surface area (Å²) in [7, 11) is 0. The van der Waals surface area contributed by atoms with Crippen molar-refractivity contribution in [1.82, 2.24) is 10.2 Å². The molecule has 0 aromatic heterocycles. The molecule has 4 heteroatoms. The Bertz CT molecular complexity index is 257. The molecule has 4 nitrogen and oxygen atoms in total. The van der Waals surface area contributed by atoms with Gasteiger partial charge >= 0.3 is 0 Å². The second-order valence-corrected chi connectivity index (χ2v) is 5.34. The van der Waals surface area contributed by atoms with Crippen molar-refractivity contribution in [2.45, 2.75) is 58.5 Å². The number of hydrogen-bond acceptors (Lipinski definition) is 3. The van der Waals surface area contributed by atoms with Crippen molar-refractivity contribution in [3.05, 3.63) is 0 Å². The van der Waals surface area contributed by atoms with Crippen LogP contribution in [-0.4, -0.2) is 42.5 Å². The summed E-state index contributed by atoms with van der Waals surface area (Å²) in [6.07, 6.45) is 4.28. The first-order valence-corrected chi connectivity index (χ1v) is 7.40. The number of nitrogens with zero attached hydrogens (tertiary/aromatic N) is 1. The number of hydrogen-bond donors (Lipinski definition) is 2. The number of nitrogens with one attached hydrogen (secondary N) is 1. The first-order valence-electron chi connectivity index (χ1n) is 7.40. The lowest BCUT2D eigenvalue weighted by Crippen LogP contribution is -2.55. The summed E-state index contributed by atoms with van der Waals surface area (Å²) in [5, 5.41) is 3.64. The van der Waals surface area contributed by atoms with Gasteiger partial charge < -0.3 is 11.1 Å². The fraction of sp³-hybridized carbons (Fsp3) is 0.929. The van der Waals surface area contributed by atoms with Gasteiger partial charge in [0.25, 0.3) is 0 Å². The fourth-order valence-electron chi connectivity index (χ4n) is 2.99. The predicted octanol–water partition coefficient (Wildman–Crippen LogP) is 1.35. The molecule has 1 fully saturated rings. The molecule has 0 aromatic rings. The number of piperidine rings is 1. The Morgan fingerprint density at radius 2 is 2.17 bits per heavy atom. The molecule has 0 aromatic carbocycles. The van der Waals surface area contributed by atoms with Gasteiger partial charge in [0.2, 0.25) is 5.91 Å². The van der Waals surface area contributed by atoms with E-state index in [1.807, 2.05) is 6.92 Å². The summed E-state index contributed by atoms with van der Waals surface area (Å²) >= 11 is 0. The van der Waals surface area contributed by atoms with Gasteiger partial charge in [0.15, 0.2) is 0 Å². The Morgan fingerprint density at radius 3 is 2.67 bits per heavy atom. The molecule has 3 unspecified atom stereocenters. The summed E-state index contributed by atoms with van der Waals surface area (Å²) in [5.74, 6) is 0.464. The highest BCUT2D eigenvalue weighted by atomic mass is 16.1. The van der Waals surface area contributed by atoms with Crippen molar-refractivity contribution in [2.75, 3.05) is 19.6 Å². The lowest BCUT2D eigenvalue weighted by atomic mass is 9.88. The van der Waals surface area contributed by atoms with Crippen LogP contribution in [0.3, 0.4) is 0 Å². The van der Waals surface area contributed by atoms with Crippen LogP contribution < -0.4 is 11.1 Å². The number of nitrogens with two attached hydrogens (primary N) is 1. The Hall–Kier alpha value is -0.610. The van der Waals surface area contributed by atoms with Gasteiger partial charge in [-0.2, -0.15) is 0 Å². The lowest BCUT2D eigenvalue weighted by Gasteiger charge is -2.41. The third-order valence-corrected chi connectivity index (χ3v) is 4.10. The van der Waals surface area contributed by atoms with Crippen LogP contribution in [-0.2, 0) is 4.79 Å².